The number of benzene rings is 3. The van der Waals surface area contributed by atoms with Crippen molar-refractivity contribution in [2.24, 2.45) is 16.7 Å². The highest BCUT2D eigenvalue weighted by Gasteiger charge is 2.57. The minimum atomic E-state index is 0.437. The van der Waals surface area contributed by atoms with E-state index >= 15 is 0 Å². The Hall–Kier alpha value is -1.82. The molecule has 3 aromatic carbocycles. The molecule has 28 heavy (non-hydrogen) atoms. The van der Waals surface area contributed by atoms with Crippen molar-refractivity contribution in [2.75, 3.05) is 0 Å². The van der Waals surface area contributed by atoms with Gasteiger partial charge in [0.25, 0.3) is 0 Å². The summed E-state index contributed by atoms with van der Waals surface area (Å²) in [6.45, 7) is 14.5. The van der Waals surface area contributed by atoms with Crippen LogP contribution >= 0.6 is 0 Å². The van der Waals surface area contributed by atoms with E-state index in [1.807, 2.05) is 0 Å². The predicted octanol–water partition coefficient (Wildman–Crippen LogP) is 8.10. The lowest BCUT2D eigenvalue weighted by Crippen LogP contribution is -2.42. The summed E-state index contributed by atoms with van der Waals surface area (Å²) in [5.41, 5.74) is 7.02. The van der Waals surface area contributed by atoms with E-state index in [4.69, 9.17) is 0 Å². The largest absolute Gasteiger partial charge is 0.0622 e. The van der Waals surface area contributed by atoms with Gasteiger partial charge in [0, 0.05) is 0 Å². The zero-order chi connectivity index (χ0) is 19.8. The average Bonchev–Trinajstić information content (AvgIpc) is 2.96. The number of hydrogen-bond donors (Lipinski definition) is 0. The second-order valence-electron chi connectivity index (χ2n) is 10.5. The van der Waals surface area contributed by atoms with Crippen LogP contribution in [0.25, 0.3) is 21.5 Å². The first-order valence-electron chi connectivity index (χ1n) is 11.2. The maximum atomic E-state index is 2.60. The van der Waals surface area contributed by atoms with Gasteiger partial charge < -0.3 is 0 Å². The molecule has 0 saturated heterocycles. The van der Waals surface area contributed by atoms with Crippen molar-refractivity contribution in [1.82, 2.24) is 0 Å². The van der Waals surface area contributed by atoms with Crippen LogP contribution in [0.5, 0.6) is 0 Å². The van der Waals surface area contributed by atoms with Crippen LogP contribution in [0.1, 0.15) is 75.1 Å². The molecule has 1 fully saturated rings. The lowest BCUT2D eigenvalue weighted by Gasteiger charge is -2.50. The van der Waals surface area contributed by atoms with Gasteiger partial charge in [0.2, 0.25) is 0 Å². The van der Waals surface area contributed by atoms with E-state index in [1.165, 1.54) is 58.4 Å². The molecule has 3 atom stereocenters. The Balaban J connectivity index is 1.72. The molecule has 0 N–H and O–H groups in total. The normalized spacial score (nSPS) is 29.5. The molecule has 0 unspecified atom stereocenters. The first-order valence-corrected chi connectivity index (χ1v) is 11.2. The summed E-state index contributed by atoms with van der Waals surface area (Å²) in [5.74, 6) is 1.48. The minimum absolute atomic E-state index is 0.437. The zero-order valence-corrected chi connectivity index (χ0v) is 18.4. The summed E-state index contributed by atoms with van der Waals surface area (Å²) in [6.07, 6.45) is 5.30. The Morgan fingerprint density at radius 2 is 1.46 bits per heavy atom. The lowest BCUT2D eigenvalue weighted by molar-refractivity contribution is 0.0307. The number of fused-ring (bicyclic) bond motifs is 7. The summed E-state index contributed by atoms with van der Waals surface area (Å²) in [7, 11) is 0. The third kappa shape index (κ3) is 2.13. The second-order valence-corrected chi connectivity index (χ2v) is 10.5. The highest BCUT2D eigenvalue weighted by atomic mass is 14.6. The smallest absolute Gasteiger partial charge is 0.00994 e. The van der Waals surface area contributed by atoms with Gasteiger partial charge >= 0.3 is 0 Å². The van der Waals surface area contributed by atoms with Crippen molar-refractivity contribution < 1.29 is 0 Å². The highest BCUT2D eigenvalue weighted by molar-refractivity contribution is 6.10. The van der Waals surface area contributed by atoms with E-state index in [0.29, 0.717) is 10.8 Å². The van der Waals surface area contributed by atoms with Crippen LogP contribution in [0, 0.1) is 30.6 Å². The lowest BCUT2D eigenvalue weighted by atomic mass is 9.54. The van der Waals surface area contributed by atoms with Gasteiger partial charge in [-0.05, 0) is 106 Å². The van der Waals surface area contributed by atoms with Gasteiger partial charge in [-0.1, -0.05) is 64.1 Å². The molecule has 0 heterocycles. The molecule has 0 bridgehead atoms. The van der Waals surface area contributed by atoms with Crippen molar-refractivity contribution >= 4 is 21.5 Å². The third-order valence-corrected chi connectivity index (χ3v) is 9.46. The zero-order valence-electron chi connectivity index (χ0n) is 18.4. The predicted molar refractivity (Wildman–Crippen MR) is 122 cm³/mol. The van der Waals surface area contributed by atoms with Crippen molar-refractivity contribution in [2.45, 2.75) is 73.1 Å². The first kappa shape index (κ1) is 18.2. The van der Waals surface area contributed by atoms with Gasteiger partial charge in [-0.3, -0.25) is 0 Å². The van der Waals surface area contributed by atoms with E-state index < -0.39 is 0 Å². The molecule has 146 valence electrons. The molecule has 5 rings (SSSR count). The monoisotopic (exact) mass is 370 g/mol. The summed E-state index contributed by atoms with van der Waals surface area (Å²) in [5, 5.41) is 5.80. The fourth-order valence-electron chi connectivity index (χ4n) is 6.90. The van der Waals surface area contributed by atoms with Crippen LogP contribution in [0.3, 0.4) is 0 Å². The average molecular weight is 371 g/mol. The third-order valence-electron chi connectivity index (χ3n) is 9.46. The van der Waals surface area contributed by atoms with E-state index in [0.717, 1.165) is 11.8 Å². The summed E-state index contributed by atoms with van der Waals surface area (Å²) in [6, 6.07) is 14.4. The Labute approximate surface area is 170 Å². The van der Waals surface area contributed by atoms with Crippen LogP contribution in [-0.2, 0) is 6.42 Å². The first-order chi connectivity index (χ1) is 13.3. The molecule has 0 amide bonds. The Kier molecular flexibility index (Phi) is 3.81. The fourth-order valence-corrected chi connectivity index (χ4v) is 6.90. The number of rotatable bonds is 1. The molecule has 3 aromatic rings. The fraction of sp³-hybridized carbons (Fsp3) is 0.500. The molecule has 0 nitrogen and oxygen atoms in total. The van der Waals surface area contributed by atoms with Crippen molar-refractivity contribution in [1.29, 1.82) is 0 Å². The van der Waals surface area contributed by atoms with E-state index in [1.54, 1.807) is 11.1 Å². The molecule has 0 radical (unpaired) electrons. The van der Waals surface area contributed by atoms with Gasteiger partial charge in [0.1, 0.15) is 0 Å². The van der Waals surface area contributed by atoms with Crippen LogP contribution in [0.15, 0.2) is 36.4 Å². The molecule has 2 aliphatic rings. The molecular weight excluding hydrogens is 336 g/mol. The Morgan fingerprint density at radius 1 is 0.821 bits per heavy atom. The van der Waals surface area contributed by atoms with Gasteiger partial charge in [0.15, 0.2) is 0 Å². The van der Waals surface area contributed by atoms with Gasteiger partial charge in [-0.2, -0.15) is 0 Å². The summed E-state index contributed by atoms with van der Waals surface area (Å²) in [4.78, 5) is 0. The van der Waals surface area contributed by atoms with E-state index in [2.05, 4.69) is 77.9 Å². The minimum Gasteiger partial charge on any atom is -0.0622 e. The Morgan fingerprint density at radius 3 is 2.21 bits per heavy atom. The highest BCUT2D eigenvalue weighted by Crippen LogP contribution is 2.67. The van der Waals surface area contributed by atoms with Crippen molar-refractivity contribution in [3.05, 3.63) is 58.7 Å². The number of hydrogen-bond acceptors (Lipinski definition) is 0. The van der Waals surface area contributed by atoms with Gasteiger partial charge in [-0.25, -0.2) is 0 Å². The Bertz CT molecular complexity index is 1100. The topological polar surface area (TPSA) is 0 Å². The van der Waals surface area contributed by atoms with Crippen LogP contribution in [0.4, 0.5) is 0 Å². The molecule has 0 aliphatic heterocycles. The van der Waals surface area contributed by atoms with Crippen LogP contribution < -0.4 is 0 Å². The van der Waals surface area contributed by atoms with E-state index in [9.17, 15) is 0 Å². The molecule has 0 spiro atoms. The molecule has 2 aliphatic carbocycles. The van der Waals surface area contributed by atoms with E-state index in [-0.39, 0.29) is 0 Å². The van der Waals surface area contributed by atoms with Gasteiger partial charge in [0.05, 0.1) is 0 Å². The maximum absolute atomic E-state index is 2.60. The van der Waals surface area contributed by atoms with Crippen LogP contribution in [-0.4, -0.2) is 0 Å². The molecule has 1 saturated carbocycles. The summed E-state index contributed by atoms with van der Waals surface area (Å²) < 4.78 is 0. The number of aryl methyl sites for hydroxylation is 3. The van der Waals surface area contributed by atoms with Gasteiger partial charge in [-0.15, -0.1) is 0 Å². The molecule has 0 heteroatoms. The SMILES string of the molecule is Cc1ccc2c(ccc3c4c(ccc32)[C@@H]2CC[C@](C)(C(C)C)[C@@]2(C)CC4)c1C. The molecule has 0 aromatic heterocycles. The second kappa shape index (κ2) is 5.85. The molecular formula is C28H34. The van der Waals surface area contributed by atoms with Crippen molar-refractivity contribution in [3.63, 3.8) is 0 Å². The van der Waals surface area contributed by atoms with Crippen molar-refractivity contribution in [3.8, 4) is 0 Å². The summed E-state index contributed by atoms with van der Waals surface area (Å²) >= 11 is 0. The standard InChI is InChI=1S/C28H34/c1-17(2)27(5)16-14-26-25-12-11-22-21-8-7-18(3)19(4)20(21)9-10-23(22)24(25)13-15-28(26,27)6/h7-12,17,26H,13-16H2,1-6H3/t26-,27+,28-/m0/s1. The van der Waals surface area contributed by atoms with Crippen LogP contribution in [0.2, 0.25) is 0 Å². The quantitative estimate of drug-likeness (QED) is 0.379. The maximum Gasteiger partial charge on any atom is -0.00994 e.